The predicted molar refractivity (Wildman–Crippen MR) is 45.8 cm³/mol. The van der Waals surface area contributed by atoms with Crippen LogP contribution in [0, 0.1) is 0 Å². The molecule has 64 valence electrons. The molecular formula is C7H5ClO3S. The third-order valence-electron chi connectivity index (χ3n) is 1.25. The molecule has 3 nitrogen and oxygen atoms in total. The molecule has 1 aromatic heterocycles. The molecule has 0 unspecified atom stereocenters. The van der Waals surface area contributed by atoms with Gasteiger partial charge >= 0.3 is 5.97 Å². The van der Waals surface area contributed by atoms with E-state index in [4.69, 9.17) is 11.6 Å². The Kier molecular flexibility index (Phi) is 2.83. The van der Waals surface area contributed by atoms with Gasteiger partial charge in [-0.15, -0.1) is 11.3 Å². The first-order valence-corrected chi connectivity index (χ1v) is 4.28. The Morgan fingerprint density at radius 3 is 2.75 bits per heavy atom. The number of thiophene rings is 1. The van der Waals surface area contributed by atoms with Crippen molar-refractivity contribution < 1.29 is 14.3 Å². The zero-order valence-electron chi connectivity index (χ0n) is 6.17. The molecule has 12 heavy (non-hydrogen) atoms. The third kappa shape index (κ3) is 1.65. The molecule has 1 rings (SSSR count). The van der Waals surface area contributed by atoms with E-state index in [0.717, 1.165) is 11.3 Å². The Hall–Kier alpha value is -0.870. The van der Waals surface area contributed by atoms with Gasteiger partial charge in [0.1, 0.15) is 4.88 Å². The quantitative estimate of drug-likeness (QED) is 0.546. The Bertz CT molecular complexity index is 318. The van der Waals surface area contributed by atoms with Gasteiger partial charge in [-0.1, -0.05) is 0 Å². The Labute approximate surface area is 77.9 Å². The van der Waals surface area contributed by atoms with Gasteiger partial charge in [0.05, 0.1) is 12.7 Å². The van der Waals surface area contributed by atoms with E-state index in [1.165, 1.54) is 13.2 Å². The number of esters is 1. The first-order chi connectivity index (χ1) is 5.66. The second-order valence-electron chi connectivity index (χ2n) is 1.93. The van der Waals surface area contributed by atoms with Crippen LogP contribution in [-0.4, -0.2) is 18.3 Å². The Morgan fingerprint density at radius 2 is 2.25 bits per heavy atom. The summed E-state index contributed by atoms with van der Waals surface area (Å²) in [5, 5.41) is 0.971. The molecule has 0 spiro atoms. The molecule has 0 aromatic carbocycles. The normalized spacial score (nSPS) is 9.50. The number of hydrogen-bond donors (Lipinski definition) is 0. The molecule has 0 aliphatic rings. The fraction of sp³-hybridized carbons (Fsp3) is 0.143. The second-order valence-corrected chi connectivity index (χ2v) is 3.19. The first kappa shape index (κ1) is 9.22. The average Bonchev–Trinajstić information content (AvgIpc) is 2.50. The smallest absolute Gasteiger partial charge is 0.348 e. The summed E-state index contributed by atoms with van der Waals surface area (Å²) < 4.78 is 4.45. The highest BCUT2D eigenvalue weighted by atomic mass is 35.5. The minimum Gasteiger partial charge on any atom is -0.465 e. The van der Waals surface area contributed by atoms with Gasteiger partial charge in [-0.3, -0.25) is 4.79 Å². The lowest BCUT2D eigenvalue weighted by atomic mass is 10.3. The predicted octanol–water partition coefficient (Wildman–Crippen LogP) is 1.91. The van der Waals surface area contributed by atoms with Crippen molar-refractivity contribution in [3.8, 4) is 0 Å². The lowest BCUT2D eigenvalue weighted by Crippen LogP contribution is -2.03. The van der Waals surface area contributed by atoms with Crippen LogP contribution in [0.2, 0.25) is 0 Å². The molecule has 5 heteroatoms. The van der Waals surface area contributed by atoms with Crippen LogP contribution in [0.15, 0.2) is 11.4 Å². The molecule has 0 bridgehead atoms. The maximum atomic E-state index is 11.0. The van der Waals surface area contributed by atoms with E-state index >= 15 is 0 Å². The number of methoxy groups -OCH3 is 1. The Balaban J connectivity index is 3.07. The van der Waals surface area contributed by atoms with Gasteiger partial charge in [-0.05, 0) is 23.0 Å². The SMILES string of the molecule is COC(=O)c1sccc1C(=O)Cl. The number of ether oxygens (including phenoxy) is 1. The Morgan fingerprint density at radius 1 is 1.58 bits per heavy atom. The topological polar surface area (TPSA) is 43.4 Å². The second kappa shape index (κ2) is 3.69. The van der Waals surface area contributed by atoms with E-state index in [-0.39, 0.29) is 10.4 Å². The summed E-state index contributed by atoms with van der Waals surface area (Å²) in [7, 11) is 1.25. The monoisotopic (exact) mass is 204 g/mol. The number of rotatable bonds is 2. The van der Waals surface area contributed by atoms with Gasteiger partial charge in [0.25, 0.3) is 5.24 Å². The van der Waals surface area contributed by atoms with Crippen LogP contribution in [0.25, 0.3) is 0 Å². The lowest BCUT2D eigenvalue weighted by molar-refractivity contribution is 0.0603. The van der Waals surface area contributed by atoms with E-state index in [0.29, 0.717) is 0 Å². The molecule has 0 amide bonds. The third-order valence-corrected chi connectivity index (χ3v) is 2.35. The molecule has 0 radical (unpaired) electrons. The molecule has 0 fully saturated rings. The van der Waals surface area contributed by atoms with Crippen molar-refractivity contribution in [3.63, 3.8) is 0 Å². The van der Waals surface area contributed by atoms with E-state index in [1.54, 1.807) is 5.38 Å². The molecule has 0 N–H and O–H groups in total. The number of halogens is 1. The van der Waals surface area contributed by atoms with Crippen LogP contribution >= 0.6 is 22.9 Å². The summed E-state index contributed by atoms with van der Waals surface area (Å²) in [6.07, 6.45) is 0. The molecule has 1 heterocycles. The minimum atomic E-state index is -0.642. The van der Waals surface area contributed by atoms with Crippen LogP contribution in [0.1, 0.15) is 20.0 Å². The van der Waals surface area contributed by atoms with Crippen LogP contribution in [-0.2, 0) is 4.74 Å². The number of carbonyl (C=O) groups is 2. The van der Waals surface area contributed by atoms with Crippen molar-refractivity contribution in [1.29, 1.82) is 0 Å². The van der Waals surface area contributed by atoms with Gasteiger partial charge in [-0.2, -0.15) is 0 Å². The molecule has 1 aromatic rings. The molecule has 0 atom stereocenters. The lowest BCUT2D eigenvalue weighted by Gasteiger charge is -1.95. The van der Waals surface area contributed by atoms with Crippen LogP contribution in [0.3, 0.4) is 0 Å². The summed E-state index contributed by atoms with van der Waals surface area (Å²) in [6.45, 7) is 0. The number of carbonyl (C=O) groups excluding carboxylic acids is 2. The fourth-order valence-electron chi connectivity index (χ4n) is 0.715. The maximum Gasteiger partial charge on any atom is 0.348 e. The average molecular weight is 205 g/mol. The zero-order valence-corrected chi connectivity index (χ0v) is 7.74. The van der Waals surface area contributed by atoms with Crippen molar-refractivity contribution >= 4 is 34.1 Å². The van der Waals surface area contributed by atoms with E-state index in [9.17, 15) is 9.59 Å². The summed E-state index contributed by atoms with van der Waals surface area (Å²) >= 11 is 6.34. The molecule has 0 aliphatic heterocycles. The highest BCUT2D eigenvalue weighted by Crippen LogP contribution is 2.19. The molecular weight excluding hydrogens is 200 g/mol. The van der Waals surface area contributed by atoms with E-state index < -0.39 is 11.2 Å². The highest BCUT2D eigenvalue weighted by molar-refractivity contribution is 7.12. The van der Waals surface area contributed by atoms with Crippen molar-refractivity contribution in [3.05, 3.63) is 21.9 Å². The fourth-order valence-corrected chi connectivity index (χ4v) is 1.74. The largest absolute Gasteiger partial charge is 0.465 e. The maximum absolute atomic E-state index is 11.0. The minimum absolute atomic E-state index is 0.202. The molecule has 0 saturated carbocycles. The van der Waals surface area contributed by atoms with Crippen molar-refractivity contribution in [2.45, 2.75) is 0 Å². The molecule has 0 aliphatic carbocycles. The standard InChI is InChI=1S/C7H5ClO3S/c1-11-7(10)5-4(6(8)9)2-3-12-5/h2-3H,1H3. The van der Waals surface area contributed by atoms with Crippen molar-refractivity contribution in [1.82, 2.24) is 0 Å². The summed E-state index contributed by atoms with van der Waals surface area (Å²) in [5.41, 5.74) is 0.202. The van der Waals surface area contributed by atoms with Gasteiger partial charge in [0.2, 0.25) is 0 Å². The first-order valence-electron chi connectivity index (χ1n) is 3.02. The van der Waals surface area contributed by atoms with Gasteiger partial charge in [0.15, 0.2) is 0 Å². The zero-order chi connectivity index (χ0) is 9.14. The van der Waals surface area contributed by atoms with Gasteiger partial charge < -0.3 is 4.74 Å². The summed E-state index contributed by atoms with van der Waals surface area (Å²) in [5.74, 6) is -0.533. The van der Waals surface area contributed by atoms with Gasteiger partial charge in [0, 0.05) is 0 Å². The summed E-state index contributed by atoms with van der Waals surface area (Å²) in [6, 6.07) is 1.49. The highest BCUT2D eigenvalue weighted by Gasteiger charge is 2.17. The van der Waals surface area contributed by atoms with Crippen molar-refractivity contribution in [2.24, 2.45) is 0 Å². The van der Waals surface area contributed by atoms with Crippen LogP contribution < -0.4 is 0 Å². The van der Waals surface area contributed by atoms with Crippen LogP contribution in [0.4, 0.5) is 0 Å². The summed E-state index contributed by atoms with van der Waals surface area (Å²) in [4.78, 5) is 21.9. The van der Waals surface area contributed by atoms with Gasteiger partial charge in [-0.25, -0.2) is 4.79 Å². The number of hydrogen-bond acceptors (Lipinski definition) is 4. The van der Waals surface area contributed by atoms with E-state index in [2.05, 4.69) is 4.74 Å². The van der Waals surface area contributed by atoms with Crippen molar-refractivity contribution in [2.75, 3.05) is 7.11 Å². The van der Waals surface area contributed by atoms with E-state index in [1.807, 2.05) is 0 Å². The molecule has 0 saturated heterocycles. The van der Waals surface area contributed by atoms with Crippen LogP contribution in [0.5, 0.6) is 0 Å².